The monoisotopic (exact) mass is 436 g/mol. The second-order valence-corrected chi connectivity index (χ2v) is 10.0. The Labute approximate surface area is 170 Å². The van der Waals surface area contributed by atoms with E-state index in [9.17, 15) is 22.4 Å². The van der Waals surface area contributed by atoms with Crippen LogP contribution in [-0.2, 0) is 19.4 Å². The zero-order chi connectivity index (χ0) is 20.8. The molecule has 0 bridgehead atoms. The summed E-state index contributed by atoms with van der Waals surface area (Å²) in [6.45, 7) is 1.56. The largest absolute Gasteiger partial charge is 0.301 e. The van der Waals surface area contributed by atoms with Crippen molar-refractivity contribution < 1.29 is 22.4 Å². The van der Waals surface area contributed by atoms with E-state index in [-0.39, 0.29) is 16.6 Å². The molecular weight excluding hydrogens is 419 g/mol. The van der Waals surface area contributed by atoms with Crippen LogP contribution in [0.3, 0.4) is 0 Å². The van der Waals surface area contributed by atoms with E-state index in [1.807, 2.05) is 0 Å². The number of nitrogens with one attached hydrogen (secondary N) is 1. The topological polar surface area (TPSA) is 109 Å². The number of amides is 2. The Balaban J connectivity index is 1.47. The van der Waals surface area contributed by atoms with E-state index in [0.717, 1.165) is 16.3 Å². The number of hydrogen-bond acceptors (Lipinski definition) is 7. The number of benzene rings is 1. The van der Waals surface area contributed by atoms with Crippen LogP contribution < -0.4 is 5.32 Å². The lowest BCUT2D eigenvalue weighted by Gasteiger charge is -2.19. The van der Waals surface area contributed by atoms with Crippen molar-refractivity contribution >= 4 is 43.8 Å². The van der Waals surface area contributed by atoms with Gasteiger partial charge in [-0.15, -0.1) is 11.3 Å². The fraction of sp³-hybridized carbons (Fsp3) is 0.333. The van der Waals surface area contributed by atoms with E-state index in [0.29, 0.717) is 23.4 Å². The minimum atomic E-state index is -3.19. The molecule has 1 saturated heterocycles. The molecule has 2 aromatic rings. The molecule has 8 nitrogen and oxygen atoms in total. The summed E-state index contributed by atoms with van der Waals surface area (Å²) in [6.07, 6.45) is 0.308. The third-order valence-corrected chi connectivity index (χ3v) is 7.34. The zero-order valence-corrected chi connectivity index (χ0v) is 17.0. The number of aromatic nitrogens is 1. The molecule has 0 saturated carbocycles. The third-order valence-electron chi connectivity index (χ3n) is 4.83. The first-order valence-corrected chi connectivity index (χ1v) is 11.5. The molecule has 1 aromatic carbocycles. The predicted octanol–water partition coefficient (Wildman–Crippen LogP) is 1.91. The highest BCUT2D eigenvalue weighted by Gasteiger charge is 2.45. The Bertz CT molecular complexity index is 1130. The lowest BCUT2D eigenvalue weighted by Crippen LogP contribution is -2.40. The molecule has 2 atom stereocenters. The highest BCUT2D eigenvalue weighted by molar-refractivity contribution is 7.91. The number of anilines is 1. The van der Waals surface area contributed by atoms with Gasteiger partial charge in [0.25, 0.3) is 5.91 Å². The number of hydrogen-bond donors (Lipinski definition) is 1. The zero-order valence-electron chi connectivity index (χ0n) is 15.3. The predicted molar refractivity (Wildman–Crippen MR) is 107 cm³/mol. The molecule has 3 heterocycles. The van der Waals surface area contributed by atoms with Crippen LogP contribution in [0.15, 0.2) is 34.7 Å². The van der Waals surface area contributed by atoms with E-state index >= 15 is 0 Å². The maximum absolute atomic E-state index is 13.4. The molecule has 152 valence electrons. The van der Waals surface area contributed by atoms with Gasteiger partial charge in [0.1, 0.15) is 5.82 Å². The van der Waals surface area contributed by atoms with Gasteiger partial charge in [-0.05, 0) is 25.5 Å². The first-order chi connectivity index (χ1) is 13.7. The summed E-state index contributed by atoms with van der Waals surface area (Å²) in [7, 11) is -3.19. The number of rotatable bonds is 4. The van der Waals surface area contributed by atoms with Crippen molar-refractivity contribution in [3.63, 3.8) is 0 Å². The first kappa shape index (κ1) is 19.6. The smallest absolute Gasteiger partial charge is 0.261 e. The summed E-state index contributed by atoms with van der Waals surface area (Å²) in [5.74, 6) is -2.77. The fourth-order valence-electron chi connectivity index (χ4n) is 3.41. The van der Waals surface area contributed by atoms with Gasteiger partial charge in [0.05, 0.1) is 29.0 Å². The van der Waals surface area contributed by atoms with Crippen molar-refractivity contribution in [2.24, 2.45) is 11.0 Å². The van der Waals surface area contributed by atoms with Gasteiger partial charge in [-0.2, -0.15) is 5.10 Å². The van der Waals surface area contributed by atoms with Crippen LogP contribution in [-0.4, -0.2) is 53.5 Å². The maximum Gasteiger partial charge on any atom is 0.261 e. The van der Waals surface area contributed by atoms with Crippen LogP contribution in [0.5, 0.6) is 0 Å². The summed E-state index contributed by atoms with van der Waals surface area (Å²) in [6, 6.07) is 5.39. The van der Waals surface area contributed by atoms with Crippen molar-refractivity contribution in [2.45, 2.75) is 19.4 Å². The number of nitrogens with zero attached hydrogens (tertiary/aromatic N) is 3. The molecule has 11 heteroatoms. The van der Waals surface area contributed by atoms with Gasteiger partial charge in [-0.25, -0.2) is 22.8 Å². The molecule has 2 aliphatic heterocycles. The molecule has 1 fully saturated rings. The SMILES string of the molecule is CC1=NN([C@H]2CCS(=O)(=O)C2)C(=O)[C@H]1C(=O)Nc1nc(-c2cccc(F)c2)cs1. The van der Waals surface area contributed by atoms with Crippen LogP contribution in [0.4, 0.5) is 9.52 Å². The normalized spacial score (nSPS) is 23.3. The number of carbonyl (C=O) groups is 2. The van der Waals surface area contributed by atoms with Gasteiger partial charge in [-0.1, -0.05) is 12.1 Å². The van der Waals surface area contributed by atoms with Gasteiger partial charge in [0, 0.05) is 10.9 Å². The van der Waals surface area contributed by atoms with Crippen molar-refractivity contribution in [1.29, 1.82) is 0 Å². The molecule has 4 rings (SSSR count). The van der Waals surface area contributed by atoms with Gasteiger partial charge < -0.3 is 5.32 Å². The summed E-state index contributed by atoms with van der Waals surface area (Å²) in [5, 5.41) is 9.83. The molecule has 0 aliphatic carbocycles. The number of hydrazone groups is 1. The summed E-state index contributed by atoms with van der Waals surface area (Å²) in [4.78, 5) is 29.7. The highest BCUT2D eigenvalue weighted by atomic mass is 32.2. The molecule has 2 aliphatic rings. The number of sulfone groups is 1. The lowest BCUT2D eigenvalue weighted by molar-refractivity contribution is -0.137. The van der Waals surface area contributed by atoms with Crippen LogP contribution in [0.2, 0.25) is 0 Å². The highest BCUT2D eigenvalue weighted by Crippen LogP contribution is 2.28. The Hall–Kier alpha value is -2.66. The van der Waals surface area contributed by atoms with Crippen LogP contribution in [0, 0.1) is 11.7 Å². The number of carbonyl (C=O) groups excluding carboxylic acids is 2. The third kappa shape index (κ3) is 3.92. The van der Waals surface area contributed by atoms with E-state index in [1.165, 1.54) is 12.1 Å². The Kier molecular flexibility index (Phi) is 4.95. The average Bonchev–Trinajstić information content (AvgIpc) is 3.32. The van der Waals surface area contributed by atoms with Crippen LogP contribution in [0.1, 0.15) is 13.3 Å². The maximum atomic E-state index is 13.4. The van der Waals surface area contributed by atoms with Gasteiger partial charge in [0.2, 0.25) is 5.91 Å². The fourth-order valence-corrected chi connectivity index (χ4v) is 5.82. The molecule has 29 heavy (non-hydrogen) atoms. The molecule has 0 spiro atoms. The minimum absolute atomic E-state index is 0.00878. The van der Waals surface area contributed by atoms with Crippen molar-refractivity contribution in [3.05, 3.63) is 35.5 Å². The second-order valence-electron chi connectivity index (χ2n) is 6.95. The first-order valence-electron chi connectivity index (χ1n) is 8.84. The Morgan fingerprint density at radius 2 is 2.17 bits per heavy atom. The van der Waals surface area contributed by atoms with E-state index in [1.54, 1.807) is 24.4 Å². The van der Waals surface area contributed by atoms with Crippen LogP contribution in [0.25, 0.3) is 11.3 Å². The van der Waals surface area contributed by atoms with Crippen molar-refractivity contribution in [3.8, 4) is 11.3 Å². The van der Waals surface area contributed by atoms with E-state index in [2.05, 4.69) is 15.4 Å². The summed E-state index contributed by atoms with van der Waals surface area (Å²) < 4.78 is 36.8. The summed E-state index contributed by atoms with van der Waals surface area (Å²) >= 11 is 1.16. The Morgan fingerprint density at radius 1 is 1.38 bits per heavy atom. The average molecular weight is 436 g/mol. The lowest BCUT2D eigenvalue weighted by atomic mass is 10.0. The molecule has 1 aromatic heterocycles. The number of thiazole rings is 1. The molecule has 2 amide bonds. The van der Waals surface area contributed by atoms with Crippen LogP contribution >= 0.6 is 11.3 Å². The standard InChI is InChI=1S/C18H17FN4O4S2/c1-10-15(17(25)23(22-10)13-5-6-29(26,27)9-13)16(24)21-18-20-14(8-28-18)11-3-2-4-12(19)7-11/h2-4,7-8,13,15H,5-6,9H2,1H3,(H,20,21,24)/t13-,15+/m0/s1. The summed E-state index contributed by atoms with van der Waals surface area (Å²) in [5.41, 5.74) is 1.38. The Morgan fingerprint density at radius 3 is 2.86 bits per heavy atom. The van der Waals surface area contributed by atoms with Gasteiger partial charge >= 0.3 is 0 Å². The van der Waals surface area contributed by atoms with Crippen molar-refractivity contribution in [1.82, 2.24) is 9.99 Å². The van der Waals surface area contributed by atoms with E-state index in [4.69, 9.17) is 0 Å². The van der Waals surface area contributed by atoms with Gasteiger partial charge in [0.15, 0.2) is 20.9 Å². The van der Waals surface area contributed by atoms with Crippen molar-refractivity contribution in [2.75, 3.05) is 16.8 Å². The quantitative estimate of drug-likeness (QED) is 0.737. The van der Waals surface area contributed by atoms with E-state index < -0.39 is 39.4 Å². The minimum Gasteiger partial charge on any atom is -0.301 e. The van der Waals surface area contributed by atoms with Gasteiger partial charge in [-0.3, -0.25) is 9.59 Å². The molecule has 0 unspecified atom stereocenters. The second kappa shape index (κ2) is 7.30. The molecular formula is C18H17FN4O4S2. The number of halogens is 1. The molecule has 0 radical (unpaired) electrons. The molecule has 1 N–H and O–H groups in total.